The van der Waals surface area contributed by atoms with Gasteiger partial charge < -0.3 is 91.2 Å². The van der Waals surface area contributed by atoms with E-state index in [2.05, 4.69) is 79.7 Å². The second kappa shape index (κ2) is 38.4. The van der Waals surface area contributed by atoms with E-state index < -0.39 is 286 Å². The van der Waals surface area contributed by atoms with Gasteiger partial charge in [-0.2, -0.15) is 19.9 Å². The lowest BCUT2D eigenvalue weighted by molar-refractivity contribution is -0.0638. The summed E-state index contributed by atoms with van der Waals surface area (Å²) in [5.74, 6) is -2.26. The molecule has 71 heteroatoms. The maximum absolute atomic E-state index is 14.8. The minimum Gasteiger partial charge on any atom is -0.404 e. The molecular weight excluding hydrogens is 2050 g/mol. The van der Waals surface area contributed by atoms with Crippen molar-refractivity contribution in [2.45, 2.75) is 156 Å². The van der Waals surface area contributed by atoms with Gasteiger partial charge in [-0.3, -0.25) is 136 Å². The van der Waals surface area contributed by atoms with Gasteiger partial charge in [0.15, 0.2) is 61.9 Å². The number of nitrogens with zero attached hydrogens (tertiary/aromatic N) is 17. The molecular formula is C73H81N27O38P6. The number of benzene rings is 2. The van der Waals surface area contributed by atoms with Crippen LogP contribution in [0.2, 0.25) is 0 Å². The number of aryl methyl sites for hydroxylation is 1. The predicted octanol–water partition coefficient (Wildman–Crippen LogP) is 0.133. The largest absolute Gasteiger partial charge is 0.527 e. The molecule has 766 valence electrons. The number of phosphoric acid groups is 6. The summed E-state index contributed by atoms with van der Waals surface area (Å²) in [7, 11) is -33.3. The summed E-state index contributed by atoms with van der Waals surface area (Å²) in [6.45, 7) is -5.01. The number of nitrogens with one attached hydrogen (secondary N) is 5. The number of nitrogen functional groups attached to an aromatic ring is 5. The minimum atomic E-state index is -5.74. The molecule has 6 fully saturated rings. The van der Waals surface area contributed by atoms with Crippen molar-refractivity contribution in [2.75, 3.05) is 68.3 Å². The van der Waals surface area contributed by atoms with E-state index in [0.717, 1.165) is 49.8 Å². The lowest BCUT2D eigenvalue weighted by Gasteiger charge is -2.26. The van der Waals surface area contributed by atoms with E-state index in [0.29, 0.717) is 16.7 Å². The number of anilines is 5. The number of nitrogens with two attached hydrogens (primary N) is 5. The SMILES string of the molecule is Cc1cn(C2CC(OP(=O)(O)OCC3OC(n4cnc5c(=O)[nH]c(N)nc54)CC3OP(=O)(O)OCC3OC(n4cnc5c(=O)[nH]c(N)nc54)CC3OP(=O)(O)OCC3OC(n4cnc5c(=O)[nH]c(N)nc54)CC3OP(=O)(O)OCC3OC(n4cnc5c(N)ncnc54)CC3OP(=O)(O)OCC3OC(n4cnc5c(=O)[nH]c(N)nc54)CC3O)C(COP(=O)(O)Oc3ccc4c(c3)C(=O)c3ccccc3-4)O2)c(=O)[nH]c1=O. The van der Waals surface area contributed by atoms with Gasteiger partial charge in [-0.1, -0.05) is 24.3 Å². The van der Waals surface area contributed by atoms with Gasteiger partial charge in [0.2, 0.25) is 23.8 Å². The molecule has 6 aliphatic heterocycles. The number of hydrogen-bond acceptors (Lipinski definition) is 48. The topological polar surface area (TPSA) is 910 Å². The summed E-state index contributed by atoms with van der Waals surface area (Å²) in [5.41, 5.74) is 24.8. The highest BCUT2D eigenvalue weighted by atomic mass is 31.2. The number of hydrogen-bond donors (Lipinski definition) is 17. The van der Waals surface area contributed by atoms with Gasteiger partial charge >= 0.3 is 52.6 Å². The number of carbonyl (C=O) groups is 1. The van der Waals surface area contributed by atoms with Crippen LogP contribution in [0.15, 0.2) is 115 Å². The Balaban J connectivity index is 0.529. The van der Waals surface area contributed by atoms with Gasteiger partial charge in [0.25, 0.3) is 27.8 Å². The molecule has 17 heterocycles. The maximum atomic E-state index is 14.8. The molecule has 0 saturated carbocycles. The Labute approximate surface area is 798 Å². The molecule has 0 bridgehead atoms. The molecule has 1 aliphatic carbocycles. The summed E-state index contributed by atoms with van der Waals surface area (Å²) >= 11 is 0. The Morgan fingerprint density at radius 3 is 1.05 bits per heavy atom. The van der Waals surface area contributed by atoms with Crippen molar-refractivity contribution in [3.8, 4) is 16.9 Å². The molecule has 20 rings (SSSR count). The summed E-state index contributed by atoms with van der Waals surface area (Å²) in [4.78, 5) is 217. The van der Waals surface area contributed by atoms with Gasteiger partial charge in [-0.15, -0.1) is 0 Å². The molecule has 22 N–H and O–H groups in total. The fourth-order valence-corrected chi connectivity index (χ4v) is 23.0. The van der Waals surface area contributed by atoms with Crippen LogP contribution in [0.1, 0.15) is 97.4 Å². The lowest BCUT2D eigenvalue weighted by atomic mass is 10.1. The highest BCUT2D eigenvalue weighted by molar-refractivity contribution is 7.48. The van der Waals surface area contributed by atoms with Crippen molar-refractivity contribution in [1.82, 2.24) is 107 Å². The number of aliphatic hydroxyl groups excluding tert-OH is 1. The van der Waals surface area contributed by atoms with Crippen LogP contribution in [0.5, 0.6) is 5.75 Å². The number of ether oxygens (including phenoxy) is 6. The fourth-order valence-electron chi connectivity index (χ4n) is 17.4. The van der Waals surface area contributed by atoms with Gasteiger partial charge in [0.05, 0.1) is 77.4 Å². The molecule has 11 aromatic heterocycles. The number of fused-ring (bicyclic) bond motifs is 8. The van der Waals surface area contributed by atoms with E-state index in [4.69, 9.17) is 111 Å². The number of ketones is 1. The van der Waals surface area contributed by atoms with E-state index >= 15 is 0 Å². The summed E-state index contributed by atoms with van der Waals surface area (Å²) in [5, 5.41) is 11.1. The number of phosphoric ester groups is 6. The molecule has 24 atom stereocenters. The maximum Gasteiger partial charge on any atom is 0.527 e. The van der Waals surface area contributed by atoms with Crippen molar-refractivity contribution in [3.05, 3.63) is 166 Å². The molecule has 144 heavy (non-hydrogen) atoms. The zero-order chi connectivity index (χ0) is 101. The zero-order valence-electron chi connectivity index (χ0n) is 73.4. The normalized spacial score (nSPS) is 27.4. The summed E-state index contributed by atoms with van der Waals surface area (Å²) < 4.78 is 197. The quantitative estimate of drug-likeness (QED) is 0.0232. The van der Waals surface area contributed by atoms with Crippen molar-refractivity contribution < 1.29 is 149 Å². The predicted molar refractivity (Wildman–Crippen MR) is 478 cm³/mol. The van der Waals surface area contributed by atoms with Gasteiger partial charge in [-0.05, 0) is 36.2 Å². The molecule has 65 nitrogen and oxygen atoms in total. The first-order valence-corrected chi connectivity index (χ1v) is 51.8. The number of H-pyrrole nitrogens is 5. The van der Waals surface area contributed by atoms with Crippen molar-refractivity contribution >= 4 is 138 Å². The molecule has 0 amide bonds. The molecule has 7 aliphatic rings. The Morgan fingerprint density at radius 2 is 0.674 bits per heavy atom. The first-order chi connectivity index (χ1) is 68.4. The van der Waals surface area contributed by atoms with Crippen molar-refractivity contribution in [1.29, 1.82) is 0 Å². The number of rotatable bonds is 36. The smallest absolute Gasteiger partial charge is 0.404 e. The summed E-state index contributed by atoms with van der Waals surface area (Å²) in [6, 6.07) is 10.7. The highest BCUT2D eigenvalue weighted by Crippen LogP contribution is 2.58. The third kappa shape index (κ3) is 20.5. The molecule has 6 saturated heterocycles. The first-order valence-electron chi connectivity index (χ1n) is 42.9. The van der Waals surface area contributed by atoms with E-state index in [1.807, 2.05) is 0 Å². The third-order valence-electron chi connectivity index (χ3n) is 24.0. The summed E-state index contributed by atoms with van der Waals surface area (Å²) in [6.07, 6.45) is -23.6. The van der Waals surface area contributed by atoms with E-state index in [-0.39, 0.29) is 90.9 Å². The van der Waals surface area contributed by atoms with Gasteiger partial charge in [0.1, 0.15) is 122 Å². The van der Waals surface area contributed by atoms with E-state index in [1.54, 1.807) is 24.3 Å². The van der Waals surface area contributed by atoms with Crippen LogP contribution in [0.3, 0.4) is 0 Å². The Morgan fingerprint density at radius 1 is 0.361 bits per heavy atom. The Kier molecular flexibility index (Phi) is 26.5. The van der Waals surface area contributed by atoms with Crippen molar-refractivity contribution in [3.63, 3.8) is 0 Å². The Bertz CT molecular complexity index is 7970. The first kappa shape index (κ1) is 99.3. The third-order valence-corrected chi connectivity index (χ3v) is 30.0. The number of aromatic amines is 5. The number of carbonyl (C=O) groups excluding carboxylic acids is 1. The zero-order valence-corrected chi connectivity index (χ0v) is 78.8. The highest BCUT2D eigenvalue weighted by Gasteiger charge is 2.53. The molecule has 2 aromatic carbocycles. The van der Waals surface area contributed by atoms with Gasteiger partial charge in [-0.25, -0.2) is 67.1 Å². The second-order valence-electron chi connectivity index (χ2n) is 33.4. The van der Waals surface area contributed by atoms with Gasteiger partial charge in [0, 0.05) is 61.4 Å². The second-order valence-corrected chi connectivity index (χ2v) is 41.8. The van der Waals surface area contributed by atoms with Crippen LogP contribution in [-0.2, 0) is 106 Å². The van der Waals surface area contributed by atoms with Crippen LogP contribution in [-0.4, -0.2) is 260 Å². The number of imidazole rings is 5. The average molecular weight is 2130 g/mol. The van der Waals surface area contributed by atoms with E-state index in [9.17, 15) is 95.4 Å². The average Bonchev–Trinajstić information content (AvgIpc) is 1.62. The minimum absolute atomic E-state index is 0.00699. The van der Waals surface area contributed by atoms with Crippen LogP contribution in [0.4, 0.5) is 29.6 Å². The lowest BCUT2D eigenvalue weighted by Crippen LogP contribution is -2.33. The number of aromatic nitrogens is 22. The fraction of sp³-hybridized carbons (Fsp3) is 0.425. The molecule has 13 aromatic rings. The monoisotopic (exact) mass is 2130 g/mol. The molecule has 24 unspecified atom stereocenters. The number of aliphatic hydroxyl groups is 1. The Hall–Kier alpha value is -12.0. The standard InChI is InChI=1S/C73H81N27O38P6/c1-28-15-95(73(108)94-64(28)103)47-10-35(41(128-47)17-122-139(109,110)133-29-6-7-31-30-4-2-3-5-32(30)57(102)33(31)8-29)134-141(113,114)124-19-43-37(12-49(130-43)98-25-83-54-61(98)87-70(76)91-66(54)105)137-143(117,118)126-21-45-39(14-51(132-45)100-27-85-56-63(100)89-72(78)93-68(56)107)138-144(119,120)125-20-44-38(13-50(131-44)99-26-84-55-62(99)88-71(77)92-67(55)106)136-142(115,116)123-18-42-36(11-48(129-42)96-23-81-52-58(74)79-22-80-59(52)96)135-140(111,112)121-16-40-34(101)9-46(127-40)97-24-82-53-60(97)86-69(75)90-65(53)104/h2-8,15,22-27,34-51,101H,9-14,16-21H2,1H3,(H,109,110)(H,111,112)(H,113,114)(H,115,116)(H,117,118)(H,119,120)(H2,74,79,80)(H,94,103,108)(H3,75,86,90,104)(H3,76,87,91,105)(H3,77,88,92,106)(H3,78,89,93,107). The van der Waals surface area contributed by atoms with E-state index in [1.165, 1.54) is 46.9 Å². The molecule has 0 radical (unpaired) electrons. The van der Waals surface area contributed by atoms with Crippen LogP contribution in [0.25, 0.3) is 66.9 Å². The van der Waals surface area contributed by atoms with Crippen LogP contribution >= 0.6 is 46.9 Å². The van der Waals surface area contributed by atoms with Crippen LogP contribution < -0.4 is 66.7 Å². The van der Waals surface area contributed by atoms with Crippen molar-refractivity contribution in [2.24, 2.45) is 0 Å². The van der Waals surface area contributed by atoms with Crippen LogP contribution in [0, 0.1) is 6.92 Å². The molecule has 0 spiro atoms.